The van der Waals surface area contributed by atoms with E-state index in [9.17, 15) is 4.79 Å². The van der Waals surface area contributed by atoms with Gasteiger partial charge in [-0.1, -0.05) is 74.0 Å². The highest BCUT2D eigenvalue weighted by Gasteiger charge is 2.18. The third-order valence-corrected chi connectivity index (χ3v) is 5.57. The monoisotopic (exact) mass is 409 g/mol. The summed E-state index contributed by atoms with van der Waals surface area (Å²) in [7, 11) is 1.66. The van der Waals surface area contributed by atoms with Crippen LogP contribution >= 0.6 is 0 Å². The van der Waals surface area contributed by atoms with Gasteiger partial charge in [-0.25, -0.2) is 0 Å². The fourth-order valence-corrected chi connectivity index (χ4v) is 3.91. The van der Waals surface area contributed by atoms with E-state index in [1.54, 1.807) is 7.11 Å². The van der Waals surface area contributed by atoms with Gasteiger partial charge >= 0.3 is 0 Å². The highest BCUT2D eigenvalue weighted by atomic mass is 16.5. The van der Waals surface area contributed by atoms with Crippen molar-refractivity contribution >= 4 is 0 Å². The molecule has 0 radical (unpaired) electrons. The highest BCUT2D eigenvalue weighted by molar-refractivity contribution is 5.85. The second kappa shape index (κ2) is 9.48. The van der Waals surface area contributed by atoms with Gasteiger partial charge in [0.2, 0.25) is 0 Å². The Bertz CT molecular complexity index is 1190. The summed E-state index contributed by atoms with van der Waals surface area (Å²) >= 11 is 0. The molecule has 0 atom stereocenters. The van der Waals surface area contributed by atoms with E-state index in [2.05, 4.69) is 25.1 Å². The molecule has 0 aliphatic heterocycles. The van der Waals surface area contributed by atoms with Crippen LogP contribution < -0.4 is 10.3 Å². The van der Waals surface area contributed by atoms with Gasteiger partial charge in [-0.3, -0.25) is 4.79 Å². The molecule has 4 rings (SSSR count). The zero-order chi connectivity index (χ0) is 21.6. The number of hydrogen-bond acceptors (Lipinski definition) is 2. The number of hydrogen-bond donors (Lipinski definition) is 0. The van der Waals surface area contributed by atoms with E-state index >= 15 is 0 Å². The summed E-state index contributed by atoms with van der Waals surface area (Å²) in [5.41, 5.74) is 5.67. The fourth-order valence-electron chi connectivity index (χ4n) is 3.91. The number of nitrogens with zero attached hydrogens (tertiary/aromatic N) is 1. The summed E-state index contributed by atoms with van der Waals surface area (Å²) in [6, 6.07) is 30.2. The normalized spacial score (nSPS) is 10.8. The van der Waals surface area contributed by atoms with Crippen LogP contribution in [0.15, 0.2) is 95.8 Å². The lowest BCUT2D eigenvalue weighted by Gasteiger charge is -2.19. The fraction of sp³-hybridized carbons (Fsp3) is 0.179. The molecule has 3 aromatic carbocycles. The maximum absolute atomic E-state index is 13.9. The Morgan fingerprint density at radius 3 is 1.97 bits per heavy atom. The van der Waals surface area contributed by atoms with Crippen molar-refractivity contribution in [2.24, 2.45) is 0 Å². The molecule has 0 amide bonds. The quantitative estimate of drug-likeness (QED) is 0.342. The van der Waals surface area contributed by atoms with Crippen LogP contribution in [0.3, 0.4) is 0 Å². The van der Waals surface area contributed by atoms with Gasteiger partial charge in [0.15, 0.2) is 0 Å². The van der Waals surface area contributed by atoms with Crippen molar-refractivity contribution in [2.75, 3.05) is 7.11 Å². The average Bonchev–Trinajstić information content (AvgIpc) is 2.84. The van der Waals surface area contributed by atoms with E-state index in [4.69, 9.17) is 4.74 Å². The van der Waals surface area contributed by atoms with Crippen molar-refractivity contribution in [3.05, 3.63) is 101 Å². The maximum atomic E-state index is 13.9. The molecule has 0 spiro atoms. The molecule has 0 fully saturated rings. The van der Waals surface area contributed by atoms with Crippen LogP contribution in [0.2, 0.25) is 0 Å². The number of aromatic nitrogens is 1. The Balaban J connectivity index is 2.02. The first-order valence-corrected chi connectivity index (χ1v) is 10.8. The molecule has 0 bridgehead atoms. The molecule has 0 saturated carbocycles. The first kappa shape index (κ1) is 20.7. The van der Waals surface area contributed by atoms with Crippen LogP contribution in [0.25, 0.3) is 33.5 Å². The topological polar surface area (TPSA) is 31.2 Å². The zero-order valence-corrected chi connectivity index (χ0v) is 18.0. The van der Waals surface area contributed by atoms with Crippen LogP contribution in [-0.4, -0.2) is 11.7 Å². The van der Waals surface area contributed by atoms with E-state index < -0.39 is 0 Å². The Kier molecular flexibility index (Phi) is 6.32. The molecule has 1 aromatic heterocycles. The lowest BCUT2D eigenvalue weighted by atomic mass is 9.93. The van der Waals surface area contributed by atoms with Crippen molar-refractivity contribution in [1.82, 2.24) is 4.57 Å². The summed E-state index contributed by atoms with van der Waals surface area (Å²) in [5, 5.41) is 0. The summed E-state index contributed by atoms with van der Waals surface area (Å²) in [6.45, 7) is 2.83. The molecule has 4 aromatic rings. The lowest BCUT2D eigenvalue weighted by Crippen LogP contribution is -2.24. The Morgan fingerprint density at radius 1 is 0.774 bits per heavy atom. The number of methoxy groups -OCH3 is 1. The Labute approximate surface area is 183 Å². The van der Waals surface area contributed by atoms with Gasteiger partial charge in [0.1, 0.15) is 5.75 Å². The molecule has 156 valence electrons. The summed E-state index contributed by atoms with van der Waals surface area (Å²) in [6.07, 6.45) is 1.97. The van der Waals surface area contributed by atoms with Crippen molar-refractivity contribution in [2.45, 2.75) is 26.3 Å². The SMILES string of the molecule is CCCCn1c(-c2ccc(OC)cc2)cc(-c2ccccc2)c(-c2ccccc2)c1=O. The second-order valence-corrected chi connectivity index (χ2v) is 7.59. The van der Waals surface area contributed by atoms with Crippen molar-refractivity contribution in [3.63, 3.8) is 0 Å². The predicted octanol–water partition coefficient (Wildman–Crippen LogP) is 6.66. The second-order valence-electron chi connectivity index (χ2n) is 7.59. The third kappa shape index (κ3) is 4.31. The van der Waals surface area contributed by atoms with E-state index in [0.717, 1.165) is 52.1 Å². The van der Waals surface area contributed by atoms with E-state index in [-0.39, 0.29) is 5.56 Å². The third-order valence-electron chi connectivity index (χ3n) is 5.57. The number of rotatable bonds is 7. The minimum Gasteiger partial charge on any atom is -0.497 e. The van der Waals surface area contributed by atoms with Crippen molar-refractivity contribution in [1.29, 1.82) is 0 Å². The highest BCUT2D eigenvalue weighted by Crippen LogP contribution is 2.33. The van der Waals surface area contributed by atoms with E-state index in [0.29, 0.717) is 6.54 Å². The summed E-state index contributed by atoms with van der Waals surface area (Å²) < 4.78 is 7.26. The van der Waals surface area contributed by atoms with Gasteiger partial charge in [0, 0.05) is 6.54 Å². The largest absolute Gasteiger partial charge is 0.497 e. The number of benzene rings is 3. The Hall–Kier alpha value is -3.59. The molecule has 31 heavy (non-hydrogen) atoms. The number of ether oxygens (including phenoxy) is 1. The molecule has 0 N–H and O–H groups in total. The maximum Gasteiger partial charge on any atom is 0.259 e. The first-order valence-electron chi connectivity index (χ1n) is 10.8. The summed E-state index contributed by atoms with van der Waals surface area (Å²) in [5.74, 6) is 0.801. The predicted molar refractivity (Wildman–Crippen MR) is 128 cm³/mol. The minimum atomic E-state index is 0.0480. The standard InChI is InChI=1S/C28H27NO2/c1-3-4-19-29-26(22-15-17-24(31-2)18-16-22)20-25(21-11-7-5-8-12-21)27(28(29)30)23-13-9-6-10-14-23/h5-18,20H,3-4,19H2,1-2H3. The number of unbranched alkanes of at least 4 members (excludes halogenated alkanes) is 1. The Morgan fingerprint density at radius 2 is 1.39 bits per heavy atom. The van der Waals surface area contributed by atoms with Crippen LogP contribution in [0.4, 0.5) is 0 Å². The average molecular weight is 410 g/mol. The van der Waals surface area contributed by atoms with E-state index in [1.165, 1.54) is 0 Å². The first-order chi connectivity index (χ1) is 15.2. The van der Waals surface area contributed by atoms with Gasteiger partial charge in [-0.2, -0.15) is 0 Å². The van der Waals surface area contributed by atoms with Crippen molar-refractivity contribution in [3.8, 4) is 39.3 Å². The molecule has 0 aliphatic rings. The molecule has 3 nitrogen and oxygen atoms in total. The van der Waals surface area contributed by atoms with Crippen LogP contribution in [0, 0.1) is 0 Å². The van der Waals surface area contributed by atoms with Gasteiger partial charge < -0.3 is 9.30 Å². The molecule has 3 heteroatoms. The molecule has 0 aliphatic carbocycles. The van der Waals surface area contributed by atoms with Crippen LogP contribution in [0.5, 0.6) is 5.75 Å². The molecular formula is C28H27NO2. The van der Waals surface area contributed by atoms with Crippen LogP contribution in [-0.2, 0) is 6.54 Å². The van der Waals surface area contributed by atoms with Crippen molar-refractivity contribution < 1.29 is 4.74 Å². The molecule has 1 heterocycles. The van der Waals surface area contributed by atoms with Gasteiger partial charge in [0.25, 0.3) is 5.56 Å². The van der Waals surface area contributed by atoms with Gasteiger partial charge in [-0.15, -0.1) is 0 Å². The molecule has 0 saturated heterocycles. The minimum absolute atomic E-state index is 0.0480. The zero-order valence-electron chi connectivity index (χ0n) is 18.0. The summed E-state index contributed by atoms with van der Waals surface area (Å²) in [4.78, 5) is 13.9. The van der Waals surface area contributed by atoms with Crippen LogP contribution in [0.1, 0.15) is 19.8 Å². The van der Waals surface area contributed by atoms with Gasteiger partial charge in [0.05, 0.1) is 18.4 Å². The lowest BCUT2D eigenvalue weighted by molar-refractivity contribution is 0.415. The van der Waals surface area contributed by atoms with E-state index in [1.807, 2.05) is 77.4 Å². The molecule has 0 unspecified atom stereocenters. The smallest absolute Gasteiger partial charge is 0.259 e. The molecular weight excluding hydrogens is 382 g/mol. The number of pyridine rings is 1. The van der Waals surface area contributed by atoms with Gasteiger partial charge in [-0.05, 0) is 59.0 Å².